The van der Waals surface area contributed by atoms with Crippen LogP contribution in [0.5, 0.6) is 0 Å². The number of aryl methyl sites for hydroxylation is 1. The van der Waals surface area contributed by atoms with Gasteiger partial charge in [-0.05, 0) is 19.4 Å². The molecular formula is C20H24N6OS. The largest absolute Gasteiger partial charge is 0.351 e. The van der Waals surface area contributed by atoms with E-state index < -0.39 is 0 Å². The van der Waals surface area contributed by atoms with E-state index in [0.29, 0.717) is 18.2 Å². The standard InChI is InChI=1S/C20H24N6OS/c1-4-10-25-14-22-23-20(25)28-13-19(27)21-11-18-15(2)24-26(16(18)3)12-17-8-6-5-7-9-17/h4-9,14H,1,10-13H2,2-3H3,(H,21,27). The lowest BCUT2D eigenvalue weighted by atomic mass is 10.2. The number of nitrogens with one attached hydrogen (secondary N) is 1. The summed E-state index contributed by atoms with van der Waals surface area (Å²) in [6.45, 7) is 9.52. The van der Waals surface area contributed by atoms with Gasteiger partial charge in [0, 0.05) is 24.3 Å². The van der Waals surface area contributed by atoms with Gasteiger partial charge in [0.1, 0.15) is 6.33 Å². The maximum Gasteiger partial charge on any atom is 0.230 e. The lowest BCUT2D eigenvalue weighted by molar-refractivity contribution is -0.118. The number of allylic oxidation sites excluding steroid dienone is 1. The number of benzene rings is 1. The van der Waals surface area contributed by atoms with Crippen molar-refractivity contribution in [2.45, 2.75) is 38.6 Å². The zero-order chi connectivity index (χ0) is 19.9. The molecule has 0 bridgehead atoms. The summed E-state index contributed by atoms with van der Waals surface area (Å²) in [5.74, 6) is 0.235. The van der Waals surface area contributed by atoms with Crippen molar-refractivity contribution >= 4 is 17.7 Å². The van der Waals surface area contributed by atoms with Crippen LogP contribution in [0.15, 0.2) is 54.5 Å². The van der Waals surface area contributed by atoms with Crippen molar-refractivity contribution in [3.8, 4) is 0 Å². The van der Waals surface area contributed by atoms with Crippen LogP contribution in [0.1, 0.15) is 22.5 Å². The first-order chi connectivity index (χ1) is 13.6. The van der Waals surface area contributed by atoms with Gasteiger partial charge in [-0.25, -0.2) is 0 Å². The van der Waals surface area contributed by atoms with Gasteiger partial charge in [0.15, 0.2) is 5.16 Å². The first-order valence-corrected chi connectivity index (χ1v) is 10.0. The fraction of sp³-hybridized carbons (Fsp3) is 0.300. The fourth-order valence-electron chi connectivity index (χ4n) is 2.89. The van der Waals surface area contributed by atoms with Crippen molar-refractivity contribution in [2.24, 2.45) is 0 Å². The molecule has 1 N–H and O–H groups in total. The quantitative estimate of drug-likeness (QED) is 0.444. The van der Waals surface area contributed by atoms with E-state index in [1.807, 2.05) is 41.3 Å². The van der Waals surface area contributed by atoms with E-state index in [2.05, 4.69) is 39.3 Å². The maximum absolute atomic E-state index is 12.3. The number of hydrogen-bond donors (Lipinski definition) is 1. The molecule has 0 saturated heterocycles. The van der Waals surface area contributed by atoms with Gasteiger partial charge in [-0.15, -0.1) is 16.8 Å². The van der Waals surface area contributed by atoms with Gasteiger partial charge in [0.25, 0.3) is 0 Å². The highest BCUT2D eigenvalue weighted by Gasteiger charge is 2.14. The molecule has 0 atom stereocenters. The Bertz CT molecular complexity index is 947. The lowest BCUT2D eigenvalue weighted by Crippen LogP contribution is -2.25. The molecule has 28 heavy (non-hydrogen) atoms. The second-order valence-corrected chi connectivity index (χ2v) is 7.36. The van der Waals surface area contributed by atoms with Crippen LogP contribution in [0.2, 0.25) is 0 Å². The molecule has 0 saturated carbocycles. The summed E-state index contributed by atoms with van der Waals surface area (Å²) in [6, 6.07) is 10.2. The summed E-state index contributed by atoms with van der Waals surface area (Å²) in [6.07, 6.45) is 3.40. The van der Waals surface area contributed by atoms with E-state index in [9.17, 15) is 4.79 Å². The van der Waals surface area contributed by atoms with E-state index in [4.69, 9.17) is 0 Å². The number of rotatable bonds is 9. The first-order valence-electron chi connectivity index (χ1n) is 9.03. The highest BCUT2D eigenvalue weighted by molar-refractivity contribution is 7.99. The Labute approximate surface area is 168 Å². The smallest absolute Gasteiger partial charge is 0.230 e. The third kappa shape index (κ3) is 4.89. The van der Waals surface area contributed by atoms with Crippen LogP contribution in [-0.4, -0.2) is 36.2 Å². The molecule has 2 heterocycles. The maximum atomic E-state index is 12.3. The van der Waals surface area contributed by atoms with Crippen molar-refractivity contribution in [3.63, 3.8) is 0 Å². The van der Waals surface area contributed by atoms with Crippen LogP contribution >= 0.6 is 11.8 Å². The van der Waals surface area contributed by atoms with E-state index in [1.54, 1.807) is 12.4 Å². The Morgan fingerprint density at radius 2 is 2.07 bits per heavy atom. The SMILES string of the molecule is C=CCn1cnnc1SCC(=O)NCc1c(C)nn(Cc2ccccc2)c1C. The van der Waals surface area contributed by atoms with Crippen molar-refractivity contribution in [1.82, 2.24) is 29.9 Å². The van der Waals surface area contributed by atoms with Crippen molar-refractivity contribution in [2.75, 3.05) is 5.75 Å². The molecule has 0 radical (unpaired) electrons. The zero-order valence-corrected chi connectivity index (χ0v) is 16.9. The molecule has 0 aliphatic rings. The van der Waals surface area contributed by atoms with E-state index in [1.165, 1.54) is 17.3 Å². The van der Waals surface area contributed by atoms with Gasteiger partial charge in [-0.3, -0.25) is 9.48 Å². The molecule has 0 spiro atoms. The minimum Gasteiger partial charge on any atom is -0.351 e. The predicted molar refractivity (Wildman–Crippen MR) is 110 cm³/mol. The molecule has 0 aliphatic heterocycles. The molecule has 3 aromatic rings. The summed E-state index contributed by atoms with van der Waals surface area (Å²) in [7, 11) is 0. The van der Waals surface area contributed by atoms with E-state index in [-0.39, 0.29) is 11.7 Å². The summed E-state index contributed by atoms with van der Waals surface area (Å²) in [5, 5.41) is 16.2. The Morgan fingerprint density at radius 1 is 1.29 bits per heavy atom. The molecule has 0 unspecified atom stereocenters. The number of carbonyl (C=O) groups excluding carboxylic acids is 1. The minimum absolute atomic E-state index is 0.0484. The highest BCUT2D eigenvalue weighted by Crippen LogP contribution is 2.16. The van der Waals surface area contributed by atoms with Crippen molar-refractivity contribution in [1.29, 1.82) is 0 Å². The zero-order valence-electron chi connectivity index (χ0n) is 16.1. The van der Waals surface area contributed by atoms with Gasteiger partial charge < -0.3 is 9.88 Å². The molecule has 8 heteroatoms. The van der Waals surface area contributed by atoms with Crippen LogP contribution in [0, 0.1) is 13.8 Å². The van der Waals surface area contributed by atoms with E-state index >= 15 is 0 Å². The Hall–Kier alpha value is -2.87. The number of amides is 1. The van der Waals surface area contributed by atoms with Crippen molar-refractivity contribution in [3.05, 3.63) is 71.8 Å². The molecule has 2 aromatic heterocycles. The van der Waals surface area contributed by atoms with Crippen LogP contribution in [0.3, 0.4) is 0 Å². The molecule has 3 rings (SSSR count). The Balaban J connectivity index is 1.56. The summed E-state index contributed by atoms with van der Waals surface area (Å²) in [5.41, 5.74) is 4.26. The summed E-state index contributed by atoms with van der Waals surface area (Å²) < 4.78 is 3.84. The first kappa shape index (κ1) is 19.9. The molecule has 0 fully saturated rings. The summed E-state index contributed by atoms with van der Waals surface area (Å²) in [4.78, 5) is 12.3. The predicted octanol–water partition coefficient (Wildman–Crippen LogP) is 2.73. The fourth-order valence-corrected chi connectivity index (χ4v) is 3.64. The molecule has 7 nitrogen and oxygen atoms in total. The van der Waals surface area contributed by atoms with Gasteiger partial charge in [-0.2, -0.15) is 5.10 Å². The van der Waals surface area contributed by atoms with Gasteiger partial charge in [-0.1, -0.05) is 48.2 Å². The number of hydrogen-bond acceptors (Lipinski definition) is 5. The topological polar surface area (TPSA) is 77.6 Å². The van der Waals surface area contributed by atoms with Crippen LogP contribution < -0.4 is 5.32 Å². The number of carbonyl (C=O) groups is 1. The average Bonchev–Trinajstić information content (AvgIpc) is 3.24. The number of nitrogens with zero attached hydrogens (tertiary/aromatic N) is 5. The average molecular weight is 397 g/mol. The Morgan fingerprint density at radius 3 is 2.82 bits per heavy atom. The van der Waals surface area contributed by atoms with Crippen LogP contribution in [-0.2, 0) is 24.4 Å². The highest BCUT2D eigenvalue weighted by atomic mass is 32.2. The van der Waals surface area contributed by atoms with Gasteiger partial charge in [0.05, 0.1) is 18.0 Å². The molecule has 1 amide bonds. The molecule has 0 aliphatic carbocycles. The number of aromatic nitrogens is 5. The Kier molecular flexibility index (Phi) is 6.65. The van der Waals surface area contributed by atoms with Crippen LogP contribution in [0.25, 0.3) is 0 Å². The summed E-state index contributed by atoms with van der Waals surface area (Å²) >= 11 is 1.36. The van der Waals surface area contributed by atoms with Gasteiger partial charge in [0.2, 0.25) is 5.91 Å². The monoisotopic (exact) mass is 396 g/mol. The normalized spacial score (nSPS) is 10.8. The molecule has 1 aromatic carbocycles. The van der Waals surface area contributed by atoms with E-state index in [0.717, 1.165) is 23.5 Å². The molecule has 146 valence electrons. The lowest BCUT2D eigenvalue weighted by Gasteiger charge is -2.08. The second kappa shape index (κ2) is 9.36. The van der Waals surface area contributed by atoms with Crippen molar-refractivity contribution < 1.29 is 4.79 Å². The number of thioether (sulfide) groups is 1. The third-order valence-corrected chi connectivity index (χ3v) is 5.39. The minimum atomic E-state index is -0.0484. The van der Waals surface area contributed by atoms with Gasteiger partial charge >= 0.3 is 0 Å². The second-order valence-electron chi connectivity index (χ2n) is 6.41. The third-order valence-electron chi connectivity index (χ3n) is 4.41. The molecular weight excluding hydrogens is 372 g/mol. The van der Waals surface area contributed by atoms with Crippen LogP contribution in [0.4, 0.5) is 0 Å².